The first-order chi connectivity index (χ1) is 12.6. The third-order valence-electron chi connectivity index (χ3n) is 5.33. The average Bonchev–Trinajstić information content (AvgIpc) is 3.36. The van der Waals surface area contributed by atoms with E-state index in [0.29, 0.717) is 11.4 Å². The third-order valence-corrected chi connectivity index (χ3v) is 6.18. The minimum atomic E-state index is -0.953. The fourth-order valence-electron chi connectivity index (χ4n) is 3.95. The molecule has 8 heteroatoms. The fraction of sp³-hybridized carbons (Fsp3) is 0.611. The van der Waals surface area contributed by atoms with Gasteiger partial charge >= 0.3 is 0 Å². The summed E-state index contributed by atoms with van der Waals surface area (Å²) in [6.45, 7) is 0. The van der Waals surface area contributed by atoms with Crippen molar-refractivity contribution < 1.29 is 9.90 Å². The molecule has 2 heterocycles. The summed E-state index contributed by atoms with van der Waals surface area (Å²) in [5, 5.41) is 13.0. The second-order valence-corrected chi connectivity index (χ2v) is 8.03. The first-order valence-electron chi connectivity index (χ1n) is 9.17. The molecule has 1 saturated carbocycles. The number of hydrogen-bond donors (Lipinski definition) is 4. The van der Waals surface area contributed by atoms with E-state index in [4.69, 9.17) is 11.5 Å². The number of aliphatic hydroxyl groups is 1. The van der Waals surface area contributed by atoms with Crippen LogP contribution in [-0.4, -0.2) is 37.9 Å². The lowest BCUT2D eigenvalue weighted by Crippen LogP contribution is -2.50. The SMILES string of the molecule is N[C@@H](Cc1cnc[nH]1)C(=O)C(C1CCCCC1)[C@H](N)[C@@H](O)c1nccs1. The molecule has 6 N–H and O–H groups in total. The van der Waals surface area contributed by atoms with Crippen molar-refractivity contribution in [3.63, 3.8) is 0 Å². The molecule has 26 heavy (non-hydrogen) atoms. The summed E-state index contributed by atoms with van der Waals surface area (Å²) in [6, 6.07) is -1.37. The Kier molecular flexibility index (Phi) is 6.53. The van der Waals surface area contributed by atoms with E-state index in [1.807, 2.05) is 0 Å². The van der Waals surface area contributed by atoms with E-state index in [0.717, 1.165) is 31.4 Å². The molecular weight excluding hydrogens is 350 g/mol. The molecular formula is C18H27N5O2S. The number of Topliss-reactive ketones (excluding diaryl/α,β-unsaturated/α-hetero) is 1. The summed E-state index contributed by atoms with van der Waals surface area (Å²) in [4.78, 5) is 24.3. The molecule has 1 aliphatic rings. The highest BCUT2D eigenvalue weighted by molar-refractivity contribution is 7.09. The second kappa shape index (κ2) is 8.85. The molecule has 1 unspecified atom stereocenters. The van der Waals surface area contributed by atoms with Gasteiger partial charge in [-0.3, -0.25) is 4.79 Å². The Morgan fingerprint density at radius 1 is 1.35 bits per heavy atom. The standard InChI is InChI=1S/C18H27N5O2S/c19-13(8-12-9-21-10-23-12)16(24)14(11-4-2-1-3-5-11)15(20)17(25)18-22-6-7-26-18/h6-7,9-11,13-15,17,25H,1-5,8,19-20H2,(H,21,23)/t13-,14?,15-,17+/m0/s1. The summed E-state index contributed by atoms with van der Waals surface area (Å²) < 4.78 is 0. The summed E-state index contributed by atoms with van der Waals surface area (Å²) >= 11 is 1.35. The Hall–Kier alpha value is -1.61. The maximum atomic E-state index is 13.2. The van der Waals surface area contributed by atoms with Gasteiger partial charge in [0.2, 0.25) is 0 Å². The first kappa shape index (κ1) is 19.2. The maximum absolute atomic E-state index is 13.2. The molecule has 1 fully saturated rings. The van der Waals surface area contributed by atoms with Gasteiger partial charge in [0.05, 0.1) is 12.4 Å². The van der Waals surface area contributed by atoms with Crippen LogP contribution in [0, 0.1) is 11.8 Å². The van der Waals surface area contributed by atoms with Crippen LogP contribution < -0.4 is 11.5 Å². The van der Waals surface area contributed by atoms with Crippen LogP contribution in [0.15, 0.2) is 24.1 Å². The number of carbonyl (C=O) groups is 1. The number of hydrogen-bond acceptors (Lipinski definition) is 7. The zero-order valence-electron chi connectivity index (χ0n) is 14.8. The van der Waals surface area contributed by atoms with Gasteiger partial charge in [0.15, 0.2) is 5.78 Å². The van der Waals surface area contributed by atoms with E-state index < -0.39 is 24.1 Å². The van der Waals surface area contributed by atoms with E-state index in [1.54, 1.807) is 24.1 Å². The van der Waals surface area contributed by atoms with Gasteiger partial charge in [-0.25, -0.2) is 9.97 Å². The number of rotatable bonds is 8. The minimum absolute atomic E-state index is 0.0744. The fourth-order valence-corrected chi connectivity index (χ4v) is 4.63. The Morgan fingerprint density at radius 3 is 2.73 bits per heavy atom. The van der Waals surface area contributed by atoms with Gasteiger partial charge in [0.25, 0.3) is 0 Å². The zero-order chi connectivity index (χ0) is 18.5. The lowest BCUT2D eigenvalue weighted by molar-refractivity contribution is -0.128. The molecule has 2 aromatic heterocycles. The molecule has 0 saturated heterocycles. The lowest BCUT2D eigenvalue weighted by atomic mass is 9.72. The number of aromatic amines is 1. The van der Waals surface area contributed by atoms with Crippen LogP contribution in [-0.2, 0) is 11.2 Å². The number of ketones is 1. The van der Waals surface area contributed by atoms with Gasteiger partial charge in [0, 0.05) is 41.8 Å². The van der Waals surface area contributed by atoms with Crippen molar-refractivity contribution in [3.05, 3.63) is 34.8 Å². The number of H-pyrrole nitrogens is 1. The van der Waals surface area contributed by atoms with Gasteiger partial charge in [-0.1, -0.05) is 19.3 Å². The lowest BCUT2D eigenvalue weighted by Gasteiger charge is -2.36. The van der Waals surface area contributed by atoms with Gasteiger partial charge in [0.1, 0.15) is 11.1 Å². The van der Waals surface area contributed by atoms with Crippen LogP contribution >= 0.6 is 11.3 Å². The Balaban J connectivity index is 1.78. The largest absolute Gasteiger partial charge is 0.384 e. The van der Waals surface area contributed by atoms with Crippen molar-refractivity contribution in [3.8, 4) is 0 Å². The van der Waals surface area contributed by atoms with Crippen molar-refractivity contribution in [2.24, 2.45) is 23.3 Å². The van der Waals surface area contributed by atoms with Crippen molar-refractivity contribution >= 4 is 17.1 Å². The van der Waals surface area contributed by atoms with Crippen molar-refractivity contribution in [2.45, 2.75) is 56.7 Å². The van der Waals surface area contributed by atoms with Crippen LogP contribution in [0.5, 0.6) is 0 Å². The maximum Gasteiger partial charge on any atom is 0.154 e. The average molecular weight is 378 g/mol. The quantitative estimate of drug-likeness (QED) is 0.552. The molecule has 0 amide bonds. The molecule has 0 spiro atoms. The van der Waals surface area contributed by atoms with Crippen molar-refractivity contribution in [1.82, 2.24) is 15.0 Å². The monoisotopic (exact) mass is 377 g/mol. The Morgan fingerprint density at radius 2 is 2.12 bits per heavy atom. The summed E-state index contributed by atoms with van der Waals surface area (Å²) in [6.07, 6.45) is 9.58. The molecule has 2 aromatic rings. The number of carbonyl (C=O) groups excluding carboxylic acids is 1. The third kappa shape index (κ3) is 4.37. The minimum Gasteiger partial charge on any atom is -0.384 e. The highest BCUT2D eigenvalue weighted by Gasteiger charge is 2.40. The number of nitrogens with zero attached hydrogens (tertiary/aromatic N) is 2. The van der Waals surface area contributed by atoms with E-state index in [2.05, 4.69) is 15.0 Å². The van der Waals surface area contributed by atoms with Gasteiger partial charge in [-0.2, -0.15) is 0 Å². The van der Waals surface area contributed by atoms with Crippen LogP contribution in [0.2, 0.25) is 0 Å². The van der Waals surface area contributed by atoms with Gasteiger partial charge in [-0.15, -0.1) is 11.3 Å². The summed E-state index contributed by atoms with van der Waals surface area (Å²) in [7, 11) is 0. The second-order valence-electron chi connectivity index (χ2n) is 7.11. The van der Waals surface area contributed by atoms with Crippen LogP contribution in [0.25, 0.3) is 0 Å². The molecule has 0 aliphatic heterocycles. The smallest absolute Gasteiger partial charge is 0.154 e. The predicted octanol–water partition coefficient (Wildman–Crippen LogP) is 1.56. The number of nitrogens with one attached hydrogen (secondary N) is 1. The van der Waals surface area contributed by atoms with E-state index in [-0.39, 0.29) is 11.7 Å². The number of aliphatic hydroxyl groups excluding tert-OH is 1. The Bertz CT molecular complexity index is 670. The molecule has 0 radical (unpaired) electrons. The summed E-state index contributed by atoms with van der Waals surface area (Å²) in [5.41, 5.74) is 13.5. The molecule has 7 nitrogen and oxygen atoms in total. The van der Waals surface area contributed by atoms with E-state index >= 15 is 0 Å². The Labute approximate surface area is 157 Å². The van der Waals surface area contributed by atoms with Gasteiger partial charge in [-0.05, 0) is 18.8 Å². The topological polar surface area (TPSA) is 131 Å². The number of thiazole rings is 1. The first-order valence-corrected chi connectivity index (χ1v) is 10.1. The van der Waals surface area contributed by atoms with Crippen molar-refractivity contribution in [2.75, 3.05) is 0 Å². The van der Waals surface area contributed by atoms with Crippen LogP contribution in [0.1, 0.15) is 48.9 Å². The van der Waals surface area contributed by atoms with Crippen LogP contribution in [0.3, 0.4) is 0 Å². The highest BCUT2D eigenvalue weighted by Crippen LogP contribution is 2.36. The molecule has 0 aromatic carbocycles. The predicted molar refractivity (Wildman–Crippen MR) is 100 cm³/mol. The molecule has 142 valence electrons. The number of aromatic nitrogens is 3. The zero-order valence-corrected chi connectivity index (χ0v) is 15.6. The number of nitrogens with two attached hydrogens (primary N) is 2. The highest BCUT2D eigenvalue weighted by atomic mass is 32.1. The van der Waals surface area contributed by atoms with Crippen LogP contribution in [0.4, 0.5) is 0 Å². The molecule has 1 aliphatic carbocycles. The molecule has 4 atom stereocenters. The normalized spacial score (nSPS) is 20.4. The summed E-state index contributed by atoms with van der Waals surface area (Å²) in [5.74, 6) is -0.379. The van der Waals surface area contributed by atoms with Gasteiger partial charge < -0.3 is 21.6 Å². The molecule has 0 bridgehead atoms. The molecule has 3 rings (SSSR count). The number of imidazole rings is 1. The van der Waals surface area contributed by atoms with E-state index in [1.165, 1.54) is 17.8 Å². The van der Waals surface area contributed by atoms with Crippen molar-refractivity contribution in [1.29, 1.82) is 0 Å². The van der Waals surface area contributed by atoms with E-state index in [9.17, 15) is 9.90 Å².